The van der Waals surface area contributed by atoms with E-state index in [-0.39, 0.29) is 0 Å². The molecule has 9 aromatic carbocycles. The smallest absolute Gasteiger partial charge is 0.0562 e. The van der Waals surface area contributed by atoms with Crippen molar-refractivity contribution in [1.82, 2.24) is 4.57 Å². The van der Waals surface area contributed by atoms with Crippen LogP contribution in [0.4, 0.5) is 17.1 Å². The molecular weight excluding hydrogens is 653 g/mol. The van der Waals surface area contributed by atoms with Gasteiger partial charge in [0.15, 0.2) is 0 Å². The van der Waals surface area contributed by atoms with Gasteiger partial charge in [0, 0.05) is 27.7 Å². The highest BCUT2D eigenvalue weighted by Crippen LogP contribution is 2.46. The number of hydrogen-bond donors (Lipinski definition) is 0. The third-order valence-corrected chi connectivity index (χ3v) is 10.6. The van der Waals surface area contributed by atoms with Crippen molar-refractivity contribution in [1.29, 1.82) is 0 Å². The predicted octanol–water partition coefficient (Wildman–Crippen LogP) is 14.4. The van der Waals surface area contributed by atoms with Crippen LogP contribution in [0.3, 0.4) is 0 Å². The summed E-state index contributed by atoms with van der Waals surface area (Å²) in [6.07, 6.45) is 0. The Kier molecular flexibility index (Phi) is 7.85. The van der Waals surface area contributed by atoms with Gasteiger partial charge in [0.2, 0.25) is 0 Å². The van der Waals surface area contributed by atoms with Crippen LogP contribution in [0, 0.1) is 0 Å². The Labute approximate surface area is 315 Å². The molecule has 1 aromatic heterocycles. The molecule has 0 bridgehead atoms. The van der Waals surface area contributed by atoms with Crippen LogP contribution in [0.5, 0.6) is 0 Å². The fraction of sp³-hybridized carbons (Fsp3) is 0. The zero-order chi connectivity index (χ0) is 35.8. The number of hydrogen-bond acceptors (Lipinski definition) is 1. The Morgan fingerprint density at radius 2 is 0.907 bits per heavy atom. The van der Waals surface area contributed by atoms with Crippen molar-refractivity contribution in [2.45, 2.75) is 0 Å². The molecule has 0 saturated carbocycles. The van der Waals surface area contributed by atoms with E-state index in [1.807, 2.05) is 0 Å². The number of nitrogens with zero attached hydrogens (tertiary/aromatic N) is 2. The third-order valence-electron chi connectivity index (χ3n) is 10.6. The van der Waals surface area contributed by atoms with E-state index in [0.717, 1.165) is 28.3 Å². The Morgan fingerprint density at radius 1 is 0.333 bits per heavy atom. The third kappa shape index (κ3) is 5.36. The van der Waals surface area contributed by atoms with Crippen molar-refractivity contribution in [3.63, 3.8) is 0 Å². The second-order valence-corrected chi connectivity index (χ2v) is 13.7. The maximum absolute atomic E-state index is 2.46. The summed E-state index contributed by atoms with van der Waals surface area (Å²) in [6.45, 7) is 0. The molecule has 0 atom stereocenters. The van der Waals surface area contributed by atoms with E-state index in [4.69, 9.17) is 0 Å². The van der Waals surface area contributed by atoms with Crippen molar-refractivity contribution in [2.24, 2.45) is 0 Å². The van der Waals surface area contributed by atoms with E-state index in [9.17, 15) is 0 Å². The number of benzene rings is 9. The Hall–Kier alpha value is -7.16. The zero-order valence-electron chi connectivity index (χ0n) is 29.7. The minimum Gasteiger partial charge on any atom is -0.310 e. The van der Waals surface area contributed by atoms with Crippen LogP contribution in [0.2, 0.25) is 0 Å². The van der Waals surface area contributed by atoms with Gasteiger partial charge >= 0.3 is 0 Å². The first-order valence-electron chi connectivity index (χ1n) is 18.5. The summed E-state index contributed by atoms with van der Waals surface area (Å²) in [4.78, 5) is 2.43. The SMILES string of the molecule is c1ccc(-c2ccc(N(c3ccccc3)c3cccc4c3c3ccccc3n4-c3ccccc3-c3cccc4ccccc34)cc2-c2ccccc2)cc1. The van der Waals surface area contributed by atoms with Crippen LogP contribution < -0.4 is 4.90 Å². The molecule has 254 valence electrons. The van der Waals surface area contributed by atoms with E-state index >= 15 is 0 Å². The minimum absolute atomic E-state index is 1.10. The van der Waals surface area contributed by atoms with Crippen molar-refractivity contribution >= 4 is 49.6 Å². The molecule has 10 rings (SSSR count). The molecule has 0 radical (unpaired) electrons. The number of rotatable bonds is 7. The van der Waals surface area contributed by atoms with E-state index in [2.05, 4.69) is 228 Å². The number of fused-ring (bicyclic) bond motifs is 4. The van der Waals surface area contributed by atoms with Crippen molar-refractivity contribution < 1.29 is 0 Å². The van der Waals surface area contributed by atoms with E-state index < -0.39 is 0 Å². The topological polar surface area (TPSA) is 8.17 Å². The first-order chi connectivity index (χ1) is 26.8. The fourth-order valence-corrected chi connectivity index (χ4v) is 8.20. The maximum Gasteiger partial charge on any atom is 0.0562 e. The molecule has 1 heterocycles. The molecule has 10 aromatic rings. The van der Waals surface area contributed by atoms with Gasteiger partial charge in [0.25, 0.3) is 0 Å². The van der Waals surface area contributed by atoms with Crippen molar-refractivity contribution in [3.05, 3.63) is 218 Å². The molecule has 0 amide bonds. The van der Waals surface area contributed by atoms with Crippen LogP contribution in [-0.4, -0.2) is 4.57 Å². The fourth-order valence-electron chi connectivity index (χ4n) is 8.20. The summed E-state index contributed by atoms with van der Waals surface area (Å²) in [5, 5.41) is 4.90. The monoisotopic (exact) mass is 688 g/mol. The second kappa shape index (κ2) is 13.4. The standard InChI is InChI=1S/C52H36N2/c1-4-18-37(19-5-1)43-35-34-41(36-47(43)39-20-6-2-7-21-39)53(40-24-8-3-9-25-40)50-32-17-33-51-52(50)46-28-13-15-31-49(46)54(51)48-30-14-12-27-45(48)44-29-16-23-38-22-10-11-26-42(38)44/h1-36H. The highest BCUT2D eigenvalue weighted by molar-refractivity contribution is 6.17. The molecule has 0 N–H and O–H groups in total. The lowest BCUT2D eigenvalue weighted by molar-refractivity contribution is 1.18. The summed E-state index contributed by atoms with van der Waals surface area (Å²) < 4.78 is 2.46. The zero-order valence-corrected chi connectivity index (χ0v) is 29.7. The van der Waals surface area contributed by atoms with Gasteiger partial charge in [-0.3, -0.25) is 0 Å². The average Bonchev–Trinajstić information content (AvgIpc) is 3.59. The lowest BCUT2D eigenvalue weighted by Crippen LogP contribution is -2.10. The molecule has 2 nitrogen and oxygen atoms in total. The minimum atomic E-state index is 1.10. The molecule has 0 fully saturated rings. The van der Waals surface area contributed by atoms with Crippen LogP contribution in [0.1, 0.15) is 0 Å². The van der Waals surface area contributed by atoms with E-state index in [1.54, 1.807) is 0 Å². The maximum atomic E-state index is 2.46. The first-order valence-corrected chi connectivity index (χ1v) is 18.5. The van der Waals surface area contributed by atoms with Crippen LogP contribution in [0.15, 0.2) is 218 Å². The van der Waals surface area contributed by atoms with Gasteiger partial charge in [0.05, 0.1) is 22.4 Å². The highest BCUT2D eigenvalue weighted by atomic mass is 15.1. The first kappa shape index (κ1) is 31.6. The predicted molar refractivity (Wildman–Crippen MR) is 229 cm³/mol. The molecular formula is C52H36N2. The lowest BCUT2D eigenvalue weighted by atomic mass is 9.93. The van der Waals surface area contributed by atoms with Gasteiger partial charge < -0.3 is 9.47 Å². The number of para-hydroxylation sites is 3. The summed E-state index contributed by atoms with van der Waals surface area (Å²) in [5.41, 5.74) is 14.0. The van der Waals surface area contributed by atoms with Gasteiger partial charge in [-0.2, -0.15) is 0 Å². The quantitative estimate of drug-likeness (QED) is 0.162. The van der Waals surface area contributed by atoms with Gasteiger partial charge in [-0.05, 0) is 87.1 Å². The van der Waals surface area contributed by atoms with Gasteiger partial charge in [-0.25, -0.2) is 0 Å². The molecule has 0 saturated heterocycles. The van der Waals surface area contributed by atoms with Gasteiger partial charge in [0.1, 0.15) is 0 Å². The van der Waals surface area contributed by atoms with E-state index in [1.165, 1.54) is 60.4 Å². The van der Waals surface area contributed by atoms with Crippen LogP contribution >= 0.6 is 0 Å². The normalized spacial score (nSPS) is 11.3. The Bertz CT molecular complexity index is 2920. The molecule has 2 heteroatoms. The molecule has 0 aliphatic rings. The molecule has 0 aliphatic carbocycles. The Morgan fingerprint density at radius 3 is 1.70 bits per heavy atom. The number of anilines is 3. The molecule has 0 aliphatic heterocycles. The molecule has 0 unspecified atom stereocenters. The van der Waals surface area contributed by atoms with Crippen molar-refractivity contribution in [2.75, 3.05) is 4.90 Å². The van der Waals surface area contributed by atoms with Gasteiger partial charge in [-0.15, -0.1) is 0 Å². The van der Waals surface area contributed by atoms with Gasteiger partial charge in [-0.1, -0.05) is 170 Å². The van der Waals surface area contributed by atoms with Crippen LogP contribution in [0.25, 0.3) is 71.6 Å². The summed E-state index contributed by atoms with van der Waals surface area (Å²) >= 11 is 0. The highest BCUT2D eigenvalue weighted by Gasteiger charge is 2.23. The summed E-state index contributed by atoms with van der Waals surface area (Å²) in [5.74, 6) is 0. The summed E-state index contributed by atoms with van der Waals surface area (Å²) in [6, 6.07) is 78.9. The summed E-state index contributed by atoms with van der Waals surface area (Å²) in [7, 11) is 0. The lowest BCUT2D eigenvalue weighted by Gasteiger charge is -2.27. The Balaban J connectivity index is 1.24. The molecule has 54 heavy (non-hydrogen) atoms. The average molecular weight is 689 g/mol. The van der Waals surface area contributed by atoms with Crippen LogP contribution in [-0.2, 0) is 0 Å². The molecule has 0 spiro atoms. The number of aromatic nitrogens is 1. The van der Waals surface area contributed by atoms with E-state index in [0.29, 0.717) is 0 Å². The second-order valence-electron chi connectivity index (χ2n) is 13.7. The largest absolute Gasteiger partial charge is 0.310 e. The van der Waals surface area contributed by atoms with Crippen molar-refractivity contribution in [3.8, 4) is 39.1 Å².